The van der Waals surface area contributed by atoms with Crippen LogP contribution in [0.5, 0.6) is 11.5 Å². The van der Waals surface area contributed by atoms with E-state index in [2.05, 4.69) is 22.6 Å². The van der Waals surface area contributed by atoms with Gasteiger partial charge in [-0.15, -0.1) is 0 Å². The molecule has 1 aromatic rings. The van der Waals surface area contributed by atoms with Crippen molar-refractivity contribution >= 4 is 23.0 Å². The third-order valence-electron chi connectivity index (χ3n) is 3.93. The molecule has 0 radical (unpaired) electrons. The van der Waals surface area contributed by atoms with Gasteiger partial charge in [0.15, 0.2) is 5.11 Å². The van der Waals surface area contributed by atoms with E-state index in [1.807, 2.05) is 18.2 Å². The number of benzene rings is 1. The van der Waals surface area contributed by atoms with E-state index < -0.39 is 0 Å². The van der Waals surface area contributed by atoms with Crippen molar-refractivity contribution in [2.45, 2.75) is 12.8 Å². The Kier molecular flexibility index (Phi) is 6.27. The SMILES string of the molecule is COc1ccc(OC)c(NC(=S)NCC2CCCN(C)C2)c1. The predicted molar refractivity (Wildman–Crippen MR) is 94.0 cm³/mol. The maximum absolute atomic E-state index is 5.39. The highest BCUT2D eigenvalue weighted by Crippen LogP contribution is 2.28. The molecule has 0 amide bonds. The third kappa shape index (κ3) is 4.74. The zero-order valence-corrected chi connectivity index (χ0v) is 14.3. The first-order valence-corrected chi connectivity index (χ1v) is 7.98. The van der Waals surface area contributed by atoms with Crippen molar-refractivity contribution in [3.05, 3.63) is 18.2 Å². The largest absolute Gasteiger partial charge is 0.497 e. The van der Waals surface area contributed by atoms with E-state index in [1.165, 1.54) is 19.4 Å². The Morgan fingerprint density at radius 2 is 2.18 bits per heavy atom. The first-order chi connectivity index (χ1) is 10.6. The normalized spacial score (nSPS) is 18.6. The summed E-state index contributed by atoms with van der Waals surface area (Å²) in [6, 6.07) is 5.60. The van der Waals surface area contributed by atoms with Crippen molar-refractivity contribution in [1.82, 2.24) is 10.2 Å². The molecule has 1 heterocycles. The molecule has 1 fully saturated rings. The summed E-state index contributed by atoms with van der Waals surface area (Å²) in [4.78, 5) is 2.37. The molecule has 1 aliphatic rings. The Labute approximate surface area is 138 Å². The van der Waals surface area contributed by atoms with Crippen LogP contribution in [0, 0.1) is 5.92 Å². The van der Waals surface area contributed by atoms with Gasteiger partial charge >= 0.3 is 0 Å². The van der Waals surface area contributed by atoms with E-state index in [4.69, 9.17) is 21.7 Å². The molecule has 1 aliphatic heterocycles. The molecular weight excluding hydrogens is 298 g/mol. The molecule has 122 valence electrons. The molecule has 1 unspecified atom stereocenters. The standard InChI is InChI=1S/C16H25N3O2S/c1-19-8-4-5-12(11-19)10-17-16(22)18-14-9-13(20-2)6-7-15(14)21-3/h6-7,9,12H,4-5,8,10-11H2,1-3H3,(H2,17,18,22). The molecule has 0 spiro atoms. The predicted octanol–water partition coefficient (Wildman–Crippen LogP) is 2.33. The summed E-state index contributed by atoms with van der Waals surface area (Å²) in [5.74, 6) is 2.15. The number of nitrogens with zero attached hydrogens (tertiary/aromatic N) is 1. The Morgan fingerprint density at radius 1 is 1.36 bits per heavy atom. The number of hydrogen-bond donors (Lipinski definition) is 2. The van der Waals surface area contributed by atoms with Crippen LogP contribution in [0.3, 0.4) is 0 Å². The van der Waals surface area contributed by atoms with Crippen molar-refractivity contribution in [2.75, 3.05) is 46.2 Å². The number of thiocarbonyl (C=S) groups is 1. The van der Waals surface area contributed by atoms with Crippen molar-refractivity contribution in [3.8, 4) is 11.5 Å². The Balaban J connectivity index is 1.88. The van der Waals surface area contributed by atoms with Gasteiger partial charge in [-0.2, -0.15) is 0 Å². The van der Waals surface area contributed by atoms with Gasteiger partial charge in [0.05, 0.1) is 19.9 Å². The smallest absolute Gasteiger partial charge is 0.170 e. The highest BCUT2D eigenvalue weighted by molar-refractivity contribution is 7.80. The molecule has 0 bridgehead atoms. The highest BCUT2D eigenvalue weighted by Gasteiger charge is 2.17. The molecular formula is C16H25N3O2S. The van der Waals surface area contributed by atoms with Crippen LogP contribution in [-0.4, -0.2) is 50.9 Å². The summed E-state index contributed by atoms with van der Waals surface area (Å²) in [6.07, 6.45) is 2.51. The molecule has 1 aromatic carbocycles. The number of anilines is 1. The Morgan fingerprint density at radius 3 is 2.86 bits per heavy atom. The van der Waals surface area contributed by atoms with E-state index in [-0.39, 0.29) is 0 Å². The van der Waals surface area contributed by atoms with E-state index >= 15 is 0 Å². The first kappa shape index (κ1) is 16.8. The second-order valence-electron chi connectivity index (χ2n) is 5.67. The van der Waals surface area contributed by atoms with Crippen molar-refractivity contribution in [2.24, 2.45) is 5.92 Å². The van der Waals surface area contributed by atoms with Gasteiger partial charge in [0.2, 0.25) is 0 Å². The van der Waals surface area contributed by atoms with Gasteiger partial charge in [-0.05, 0) is 56.7 Å². The van der Waals surface area contributed by atoms with Gasteiger partial charge in [0.25, 0.3) is 0 Å². The van der Waals surface area contributed by atoms with Crippen LogP contribution in [-0.2, 0) is 0 Å². The van der Waals surface area contributed by atoms with Gasteiger partial charge in [0.1, 0.15) is 11.5 Å². The van der Waals surface area contributed by atoms with Crippen LogP contribution in [0.15, 0.2) is 18.2 Å². The summed E-state index contributed by atoms with van der Waals surface area (Å²) in [7, 11) is 5.45. The zero-order chi connectivity index (χ0) is 15.9. The Hall–Kier alpha value is -1.53. The lowest BCUT2D eigenvalue weighted by atomic mass is 9.99. The number of ether oxygens (including phenoxy) is 2. The second kappa shape index (κ2) is 8.19. The highest BCUT2D eigenvalue weighted by atomic mass is 32.1. The van der Waals surface area contributed by atoms with Gasteiger partial charge in [0, 0.05) is 19.2 Å². The van der Waals surface area contributed by atoms with Gasteiger partial charge < -0.3 is 25.0 Å². The summed E-state index contributed by atoms with van der Waals surface area (Å²) in [5, 5.41) is 7.11. The van der Waals surface area contributed by atoms with Gasteiger partial charge in [-0.1, -0.05) is 0 Å². The van der Waals surface area contributed by atoms with E-state index in [0.29, 0.717) is 11.0 Å². The Bertz CT molecular complexity index is 510. The minimum absolute atomic E-state index is 0.611. The summed E-state index contributed by atoms with van der Waals surface area (Å²) in [5.41, 5.74) is 0.806. The summed E-state index contributed by atoms with van der Waals surface area (Å²) < 4.78 is 10.6. The number of likely N-dealkylation sites (tertiary alicyclic amines) is 1. The van der Waals surface area contributed by atoms with Crippen LogP contribution in [0.2, 0.25) is 0 Å². The second-order valence-corrected chi connectivity index (χ2v) is 6.08. The topological polar surface area (TPSA) is 45.8 Å². The molecule has 2 rings (SSSR count). The van der Waals surface area contributed by atoms with E-state index in [9.17, 15) is 0 Å². The van der Waals surface area contributed by atoms with E-state index in [1.54, 1.807) is 14.2 Å². The van der Waals surface area contributed by atoms with Crippen LogP contribution >= 0.6 is 12.2 Å². The fourth-order valence-electron chi connectivity index (χ4n) is 2.76. The minimum atomic E-state index is 0.611. The summed E-state index contributed by atoms with van der Waals surface area (Å²) >= 11 is 5.39. The lowest BCUT2D eigenvalue weighted by molar-refractivity contribution is 0.211. The minimum Gasteiger partial charge on any atom is -0.497 e. The molecule has 1 atom stereocenters. The van der Waals surface area contributed by atoms with Crippen LogP contribution < -0.4 is 20.1 Å². The molecule has 0 aromatic heterocycles. The van der Waals surface area contributed by atoms with Crippen LogP contribution in [0.4, 0.5) is 5.69 Å². The molecule has 6 heteroatoms. The fraction of sp³-hybridized carbons (Fsp3) is 0.562. The number of piperidine rings is 1. The third-order valence-corrected chi connectivity index (χ3v) is 4.17. The average Bonchev–Trinajstić information content (AvgIpc) is 2.53. The number of rotatable bonds is 5. The average molecular weight is 323 g/mol. The van der Waals surface area contributed by atoms with Crippen molar-refractivity contribution < 1.29 is 9.47 Å². The summed E-state index contributed by atoms with van der Waals surface area (Å²) in [6.45, 7) is 3.21. The quantitative estimate of drug-likeness (QED) is 0.811. The number of hydrogen-bond acceptors (Lipinski definition) is 4. The van der Waals surface area contributed by atoms with Crippen LogP contribution in [0.1, 0.15) is 12.8 Å². The molecule has 22 heavy (non-hydrogen) atoms. The maximum Gasteiger partial charge on any atom is 0.170 e. The maximum atomic E-state index is 5.39. The lowest BCUT2D eigenvalue weighted by Gasteiger charge is -2.30. The van der Waals surface area contributed by atoms with Gasteiger partial charge in [-0.25, -0.2) is 0 Å². The molecule has 0 aliphatic carbocycles. The zero-order valence-electron chi connectivity index (χ0n) is 13.5. The molecule has 2 N–H and O–H groups in total. The molecule has 0 saturated carbocycles. The van der Waals surface area contributed by atoms with Crippen LogP contribution in [0.25, 0.3) is 0 Å². The lowest BCUT2D eigenvalue weighted by Crippen LogP contribution is -2.40. The fourth-order valence-corrected chi connectivity index (χ4v) is 2.95. The first-order valence-electron chi connectivity index (χ1n) is 7.57. The molecule has 5 nitrogen and oxygen atoms in total. The van der Waals surface area contributed by atoms with Gasteiger partial charge in [-0.3, -0.25) is 0 Å². The van der Waals surface area contributed by atoms with Crippen molar-refractivity contribution in [1.29, 1.82) is 0 Å². The molecule has 1 saturated heterocycles. The number of methoxy groups -OCH3 is 2. The monoisotopic (exact) mass is 323 g/mol. The van der Waals surface area contributed by atoms with E-state index in [0.717, 1.165) is 30.3 Å². The number of nitrogens with one attached hydrogen (secondary N) is 2. The van der Waals surface area contributed by atoms with Crippen molar-refractivity contribution in [3.63, 3.8) is 0 Å².